The van der Waals surface area contributed by atoms with Crippen LogP contribution in [0.25, 0.3) is 10.9 Å². The van der Waals surface area contributed by atoms with Gasteiger partial charge in [0.1, 0.15) is 25.0 Å². The fourth-order valence-corrected chi connectivity index (χ4v) is 5.70. The van der Waals surface area contributed by atoms with Crippen molar-refractivity contribution in [3.05, 3.63) is 94.2 Å². The molecule has 188 valence electrons. The van der Waals surface area contributed by atoms with Gasteiger partial charge in [0, 0.05) is 36.3 Å². The van der Waals surface area contributed by atoms with Gasteiger partial charge in [-0.2, -0.15) is 0 Å². The summed E-state index contributed by atoms with van der Waals surface area (Å²) in [5.74, 6) is -0.0859. The fraction of sp³-hybridized carbons (Fsp3) is 0.310. The van der Waals surface area contributed by atoms with Gasteiger partial charge in [-0.3, -0.25) is 4.90 Å². The van der Waals surface area contributed by atoms with E-state index in [4.69, 9.17) is 9.47 Å². The van der Waals surface area contributed by atoms with E-state index in [0.717, 1.165) is 37.5 Å². The molecule has 5 nitrogen and oxygen atoms in total. The minimum Gasteiger partial charge on any atom is -0.493 e. The first-order valence-electron chi connectivity index (χ1n) is 11.8. The Hall–Kier alpha value is -3.42. The van der Waals surface area contributed by atoms with Crippen LogP contribution in [0.1, 0.15) is 41.4 Å². The second-order valence-corrected chi connectivity index (χ2v) is 9.22. The number of aliphatic hydroxyl groups excluding tert-OH is 1. The molecule has 2 aliphatic rings. The monoisotopic (exact) mass is 492 g/mol. The van der Waals surface area contributed by atoms with Crippen LogP contribution < -0.4 is 9.47 Å². The van der Waals surface area contributed by atoms with Gasteiger partial charge in [0.05, 0.1) is 12.6 Å². The molecular weight excluding hydrogens is 462 g/mol. The molecule has 7 heteroatoms. The number of hydrogen-bond acceptors (Lipinski definition) is 4. The van der Waals surface area contributed by atoms with Crippen LogP contribution in [0.4, 0.5) is 8.78 Å². The summed E-state index contributed by atoms with van der Waals surface area (Å²) in [5.41, 5.74) is 6.33. The van der Waals surface area contributed by atoms with Crippen LogP contribution >= 0.6 is 0 Å². The van der Waals surface area contributed by atoms with Crippen molar-refractivity contribution in [1.29, 1.82) is 0 Å². The Bertz CT molecular complexity index is 1410. The van der Waals surface area contributed by atoms with Gasteiger partial charge < -0.3 is 19.1 Å². The standard InChI is InChI=1S/C28H26F2N2O3.CH4/c1-34-27-10-18-6-7-31-14-26-23(21-4-2-3-5-24(21)32(26)16-33)12-25(31)22(18)13-28(27)35-15-17-8-19(29)11-20(30)9-17;/h2-5,8-11,13,25,33H,6-7,12,14-16H2,1H3;1H4. The number of para-hydroxylation sites is 1. The molecule has 0 aliphatic carbocycles. The van der Waals surface area contributed by atoms with Crippen LogP contribution in [0.3, 0.4) is 0 Å². The van der Waals surface area contributed by atoms with Crippen LogP contribution in [0, 0.1) is 11.6 Å². The summed E-state index contributed by atoms with van der Waals surface area (Å²) in [7, 11) is 1.60. The molecule has 1 N–H and O–H groups in total. The first kappa shape index (κ1) is 24.3. The van der Waals surface area contributed by atoms with Crippen molar-refractivity contribution in [2.45, 2.75) is 46.2 Å². The van der Waals surface area contributed by atoms with E-state index in [9.17, 15) is 13.9 Å². The highest BCUT2D eigenvalue weighted by Gasteiger charge is 2.35. The number of benzene rings is 3. The molecule has 0 amide bonds. The van der Waals surface area contributed by atoms with E-state index in [-0.39, 0.29) is 26.8 Å². The Morgan fingerprint density at radius 3 is 2.56 bits per heavy atom. The maximum Gasteiger partial charge on any atom is 0.162 e. The highest BCUT2D eigenvalue weighted by atomic mass is 19.1. The van der Waals surface area contributed by atoms with Crippen molar-refractivity contribution < 1.29 is 23.4 Å². The van der Waals surface area contributed by atoms with Crippen LogP contribution in [0.2, 0.25) is 0 Å². The maximum absolute atomic E-state index is 13.6. The average molecular weight is 493 g/mol. The predicted octanol–water partition coefficient (Wildman–Crippen LogP) is 5.75. The second-order valence-electron chi connectivity index (χ2n) is 9.22. The highest BCUT2D eigenvalue weighted by Crippen LogP contribution is 2.44. The van der Waals surface area contributed by atoms with E-state index in [1.807, 2.05) is 28.8 Å². The predicted molar refractivity (Wildman–Crippen MR) is 135 cm³/mol. The minimum absolute atomic E-state index is 0. The first-order chi connectivity index (χ1) is 17.1. The Balaban J connectivity index is 0.00000267. The molecule has 0 radical (unpaired) electrons. The smallest absolute Gasteiger partial charge is 0.162 e. The van der Waals surface area contributed by atoms with Crippen molar-refractivity contribution in [1.82, 2.24) is 9.47 Å². The fourth-order valence-electron chi connectivity index (χ4n) is 5.70. The van der Waals surface area contributed by atoms with Crippen molar-refractivity contribution in [2.24, 2.45) is 0 Å². The summed E-state index contributed by atoms with van der Waals surface area (Å²) < 4.78 is 40.9. The van der Waals surface area contributed by atoms with Crippen LogP contribution in [-0.4, -0.2) is 28.2 Å². The van der Waals surface area contributed by atoms with Gasteiger partial charge in [-0.05, 0) is 65.4 Å². The first-order valence-corrected chi connectivity index (χ1v) is 11.8. The number of hydrogen-bond donors (Lipinski definition) is 1. The Morgan fingerprint density at radius 1 is 1.03 bits per heavy atom. The number of fused-ring (bicyclic) bond motifs is 6. The molecule has 1 unspecified atom stereocenters. The molecule has 36 heavy (non-hydrogen) atoms. The summed E-state index contributed by atoms with van der Waals surface area (Å²) in [6.45, 7) is 1.67. The van der Waals surface area contributed by atoms with Gasteiger partial charge in [-0.15, -0.1) is 0 Å². The minimum atomic E-state index is -0.628. The number of nitrogens with zero attached hydrogens (tertiary/aromatic N) is 2. The van der Waals surface area contributed by atoms with Crippen molar-refractivity contribution in [2.75, 3.05) is 13.7 Å². The lowest BCUT2D eigenvalue weighted by Gasteiger charge is -2.41. The lowest BCUT2D eigenvalue weighted by atomic mass is 9.85. The molecule has 4 aromatic rings. The number of rotatable bonds is 5. The lowest BCUT2D eigenvalue weighted by Crippen LogP contribution is -2.39. The number of aromatic nitrogens is 1. The van der Waals surface area contributed by atoms with Gasteiger partial charge >= 0.3 is 0 Å². The molecule has 3 aromatic carbocycles. The Morgan fingerprint density at radius 2 is 1.81 bits per heavy atom. The molecule has 0 saturated carbocycles. The van der Waals surface area contributed by atoms with Crippen LogP contribution in [-0.2, 0) is 32.7 Å². The van der Waals surface area contributed by atoms with Gasteiger partial charge in [-0.25, -0.2) is 8.78 Å². The topological polar surface area (TPSA) is 46.9 Å². The highest BCUT2D eigenvalue weighted by molar-refractivity contribution is 5.86. The Labute approximate surface area is 209 Å². The third-order valence-corrected chi connectivity index (χ3v) is 7.30. The zero-order valence-corrected chi connectivity index (χ0v) is 19.4. The summed E-state index contributed by atoms with van der Waals surface area (Å²) in [6.07, 6.45) is 1.71. The summed E-state index contributed by atoms with van der Waals surface area (Å²) >= 11 is 0. The Kier molecular flexibility index (Phi) is 6.45. The van der Waals surface area contributed by atoms with Gasteiger partial charge in [0.25, 0.3) is 0 Å². The molecule has 1 aromatic heterocycles. The molecule has 6 rings (SSSR count). The van der Waals surface area contributed by atoms with E-state index in [0.29, 0.717) is 17.1 Å². The number of methoxy groups -OCH3 is 1. The summed E-state index contributed by atoms with van der Waals surface area (Å²) in [4.78, 5) is 2.45. The SMILES string of the molecule is C.COc1cc2c(cc1OCc1cc(F)cc(F)c1)C1Cc3c(n(CO)c4ccccc34)CN1CC2. The van der Waals surface area contributed by atoms with E-state index >= 15 is 0 Å². The molecule has 0 spiro atoms. The molecule has 0 saturated heterocycles. The van der Waals surface area contributed by atoms with E-state index in [1.165, 1.54) is 39.9 Å². The van der Waals surface area contributed by atoms with Gasteiger partial charge in [-0.1, -0.05) is 25.6 Å². The third kappa shape index (κ3) is 4.02. The van der Waals surface area contributed by atoms with Crippen LogP contribution in [0.15, 0.2) is 54.6 Å². The van der Waals surface area contributed by atoms with E-state index in [2.05, 4.69) is 17.0 Å². The molecular formula is C29H30F2N2O3. The molecule has 0 fully saturated rings. The van der Waals surface area contributed by atoms with Crippen molar-refractivity contribution in [3.8, 4) is 11.5 Å². The second kappa shape index (κ2) is 9.56. The number of halogens is 2. The molecule has 3 heterocycles. The van der Waals surface area contributed by atoms with Crippen molar-refractivity contribution >= 4 is 10.9 Å². The maximum atomic E-state index is 13.6. The van der Waals surface area contributed by atoms with Crippen molar-refractivity contribution in [3.63, 3.8) is 0 Å². The normalized spacial score (nSPS) is 16.6. The van der Waals surface area contributed by atoms with Gasteiger partial charge in [0.2, 0.25) is 0 Å². The largest absolute Gasteiger partial charge is 0.493 e. The summed E-state index contributed by atoms with van der Waals surface area (Å²) in [5, 5.41) is 11.3. The molecule has 0 bridgehead atoms. The zero-order chi connectivity index (χ0) is 24.1. The van der Waals surface area contributed by atoms with E-state index < -0.39 is 11.6 Å². The quantitative estimate of drug-likeness (QED) is 0.386. The molecule has 2 aliphatic heterocycles. The lowest BCUT2D eigenvalue weighted by molar-refractivity contribution is 0.145. The van der Waals surface area contributed by atoms with E-state index in [1.54, 1.807) is 7.11 Å². The zero-order valence-electron chi connectivity index (χ0n) is 19.4. The third-order valence-electron chi connectivity index (χ3n) is 7.30. The summed E-state index contributed by atoms with van der Waals surface area (Å²) in [6, 6.07) is 15.8. The number of aliphatic hydroxyl groups is 1. The molecule has 1 atom stereocenters. The number of ether oxygens (including phenoxy) is 2. The van der Waals surface area contributed by atoms with Crippen LogP contribution in [0.5, 0.6) is 11.5 Å². The van der Waals surface area contributed by atoms with Gasteiger partial charge in [0.15, 0.2) is 11.5 Å². The average Bonchev–Trinajstić information content (AvgIpc) is 3.17.